The van der Waals surface area contributed by atoms with Crippen LogP contribution in [-0.4, -0.2) is 11.9 Å². The standard InChI is InChI=1S/C11H13N3O/c1-8(10(15)14-11(12)13)7-9-5-3-2-4-6-9/h2-7H,1H3,(H4,12,13,14,15)/b8-7-. The maximum absolute atomic E-state index is 11.3. The molecule has 4 nitrogen and oxygen atoms in total. The predicted molar refractivity (Wildman–Crippen MR) is 60.9 cm³/mol. The van der Waals surface area contributed by atoms with E-state index in [1.807, 2.05) is 30.3 Å². The zero-order valence-corrected chi connectivity index (χ0v) is 8.47. The highest BCUT2D eigenvalue weighted by Gasteiger charge is 2.02. The van der Waals surface area contributed by atoms with E-state index in [9.17, 15) is 4.79 Å². The molecular weight excluding hydrogens is 190 g/mol. The minimum absolute atomic E-state index is 0.221. The first-order chi connectivity index (χ1) is 7.09. The molecule has 0 spiro atoms. The van der Waals surface area contributed by atoms with Gasteiger partial charge in [0, 0.05) is 5.57 Å². The molecule has 78 valence electrons. The first-order valence-corrected chi connectivity index (χ1v) is 4.47. The number of nitrogens with zero attached hydrogens (tertiary/aromatic N) is 1. The third-order valence-electron chi connectivity index (χ3n) is 1.75. The summed E-state index contributed by atoms with van der Waals surface area (Å²) in [5, 5.41) is 0. The summed E-state index contributed by atoms with van der Waals surface area (Å²) in [6.07, 6.45) is 1.73. The predicted octanol–water partition coefficient (Wildman–Crippen LogP) is 0.890. The molecule has 0 radical (unpaired) electrons. The van der Waals surface area contributed by atoms with Crippen LogP contribution in [0.25, 0.3) is 6.08 Å². The fraction of sp³-hybridized carbons (Fsp3) is 0.0909. The molecule has 0 saturated carbocycles. The molecule has 0 aliphatic rings. The van der Waals surface area contributed by atoms with Crippen molar-refractivity contribution < 1.29 is 4.79 Å². The van der Waals surface area contributed by atoms with Crippen LogP contribution in [-0.2, 0) is 4.79 Å². The van der Waals surface area contributed by atoms with Crippen molar-refractivity contribution in [3.8, 4) is 0 Å². The van der Waals surface area contributed by atoms with Gasteiger partial charge in [-0.05, 0) is 18.6 Å². The van der Waals surface area contributed by atoms with Crippen LogP contribution in [0.5, 0.6) is 0 Å². The first-order valence-electron chi connectivity index (χ1n) is 4.47. The summed E-state index contributed by atoms with van der Waals surface area (Å²) in [4.78, 5) is 14.8. The molecule has 0 fully saturated rings. The van der Waals surface area contributed by atoms with Gasteiger partial charge in [0.05, 0.1) is 0 Å². The third-order valence-corrected chi connectivity index (χ3v) is 1.75. The molecule has 0 atom stereocenters. The van der Waals surface area contributed by atoms with E-state index in [0.717, 1.165) is 5.56 Å². The monoisotopic (exact) mass is 203 g/mol. The number of amides is 1. The second kappa shape index (κ2) is 4.95. The van der Waals surface area contributed by atoms with Crippen molar-refractivity contribution in [1.82, 2.24) is 0 Å². The van der Waals surface area contributed by atoms with E-state index in [2.05, 4.69) is 4.99 Å². The fourth-order valence-electron chi connectivity index (χ4n) is 1.07. The number of carbonyl (C=O) groups is 1. The van der Waals surface area contributed by atoms with Gasteiger partial charge in [-0.2, -0.15) is 4.99 Å². The Bertz CT molecular complexity index is 403. The lowest BCUT2D eigenvalue weighted by atomic mass is 10.1. The first kappa shape index (κ1) is 11.0. The van der Waals surface area contributed by atoms with Gasteiger partial charge in [-0.1, -0.05) is 30.3 Å². The molecule has 0 aromatic heterocycles. The summed E-state index contributed by atoms with van der Waals surface area (Å²) in [7, 11) is 0. The van der Waals surface area contributed by atoms with Crippen LogP contribution < -0.4 is 11.5 Å². The Labute approximate surface area is 88.3 Å². The largest absolute Gasteiger partial charge is 0.370 e. The van der Waals surface area contributed by atoms with Crippen molar-refractivity contribution in [2.24, 2.45) is 16.5 Å². The number of benzene rings is 1. The second-order valence-electron chi connectivity index (χ2n) is 3.08. The van der Waals surface area contributed by atoms with Crippen LogP contribution in [0.3, 0.4) is 0 Å². The van der Waals surface area contributed by atoms with Gasteiger partial charge in [-0.25, -0.2) is 0 Å². The van der Waals surface area contributed by atoms with E-state index in [4.69, 9.17) is 11.5 Å². The van der Waals surface area contributed by atoms with Gasteiger partial charge in [0.1, 0.15) is 0 Å². The van der Waals surface area contributed by atoms with Gasteiger partial charge in [0.15, 0.2) is 5.96 Å². The summed E-state index contributed by atoms with van der Waals surface area (Å²) in [6, 6.07) is 9.48. The molecule has 0 bridgehead atoms. The Morgan fingerprint density at radius 1 is 1.27 bits per heavy atom. The Kier molecular flexibility index (Phi) is 3.62. The quantitative estimate of drug-likeness (QED) is 0.425. The van der Waals surface area contributed by atoms with Gasteiger partial charge in [-0.15, -0.1) is 0 Å². The molecule has 1 aromatic carbocycles. The number of hydrogen-bond acceptors (Lipinski definition) is 1. The molecule has 0 aliphatic heterocycles. The Morgan fingerprint density at radius 3 is 2.40 bits per heavy atom. The summed E-state index contributed by atoms with van der Waals surface area (Å²) in [6.45, 7) is 1.67. The normalized spacial score (nSPS) is 10.9. The van der Waals surface area contributed by atoms with E-state index in [1.165, 1.54) is 0 Å². The van der Waals surface area contributed by atoms with E-state index in [1.54, 1.807) is 13.0 Å². The molecule has 1 aromatic rings. The number of carbonyl (C=O) groups excluding carboxylic acids is 1. The molecule has 0 unspecified atom stereocenters. The lowest BCUT2D eigenvalue weighted by Crippen LogP contribution is -2.24. The van der Waals surface area contributed by atoms with Gasteiger partial charge < -0.3 is 11.5 Å². The lowest BCUT2D eigenvalue weighted by Gasteiger charge is -1.96. The summed E-state index contributed by atoms with van der Waals surface area (Å²) in [5.74, 6) is -0.639. The van der Waals surface area contributed by atoms with Gasteiger partial charge in [0.2, 0.25) is 0 Å². The fourth-order valence-corrected chi connectivity index (χ4v) is 1.07. The van der Waals surface area contributed by atoms with E-state index in [-0.39, 0.29) is 5.96 Å². The van der Waals surface area contributed by atoms with E-state index in [0.29, 0.717) is 5.57 Å². The zero-order chi connectivity index (χ0) is 11.3. The molecular formula is C11H13N3O. The minimum Gasteiger partial charge on any atom is -0.370 e. The Morgan fingerprint density at radius 2 is 1.87 bits per heavy atom. The van der Waals surface area contributed by atoms with Crippen molar-refractivity contribution in [1.29, 1.82) is 0 Å². The third kappa shape index (κ3) is 3.64. The van der Waals surface area contributed by atoms with Gasteiger partial charge >= 0.3 is 0 Å². The maximum Gasteiger partial charge on any atom is 0.275 e. The van der Waals surface area contributed by atoms with Crippen molar-refractivity contribution in [2.75, 3.05) is 0 Å². The van der Waals surface area contributed by atoms with Crippen LogP contribution in [0.15, 0.2) is 40.9 Å². The van der Waals surface area contributed by atoms with Crippen molar-refractivity contribution in [3.63, 3.8) is 0 Å². The molecule has 1 amide bonds. The second-order valence-corrected chi connectivity index (χ2v) is 3.08. The SMILES string of the molecule is C/C(=C/c1ccccc1)C(=O)N=C(N)N. The number of guanidine groups is 1. The minimum atomic E-state index is -0.418. The highest BCUT2D eigenvalue weighted by Crippen LogP contribution is 2.06. The summed E-state index contributed by atoms with van der Waals surface area (Å²) < 4.78 is 0. The van der Waals surface area contributed by atoms with Crippen LogP contribution in [0, 0.1) is 0 Å². The number of hydrogen-bond donors (Lipinski definition) is 2. The van der Waals surface area contributed by atoms with Crippen molar-refractivity contribution >= 4 is 17.9 Å². The van der Waals surface area contributed by atoms with Crippen LogP contribution in [0.1, 0.15) is 12.5 Å². The Hall–Kier alpha value is -2.10. The molecule has 4 heteroatoms. The molecule has 4 N–H and O–H groups in total. The highest BCUT2D eigenvalue weighted by molar-refractivity contribution is 6.03. The average molecular weight is 203 g/mol. The maximum atomic E-state index is 11.3. The van der Waals surface area contributed by atoms with E-state index < -0.39 is 5.91 Å². The Balaban J connectivity index is 2.86. The highest BCUT2D eigenvalue weighted by atomic mass is 16.1. The van der Waals surface area contributed by atoms with Crippen molar-refractivity contribution in [3.05, 3.63) is 41.5 Å². The van der Waals surface area contributed by atoms with Crippen LogP contribution in [0.2, 0.25) is 0 Å². The number of nitrogens with two attached hydrogens (primary N) is 2. The van der Waals surface area contributed by atoms with E-state index >= 15 is 0 Å². The zero-order valence-electron chi connectivity index (χ0n) is 8.47. The lowest BCUT2D eigenvalue weighted by molar-refractivity contribution is -0.114. The summed E-state index contributed by atoms with van der Waals surface area (Å²) in [5.41, 5.74) is 11.6. The average Bonchev–Trinajstić information content (AvgIpc) is 2.18. The van der Waals surface area contributed by atoms with Crippen LogP contribution in [0.4, 0.5) is 0 Å². The molecule has 1 rings (SSSR count). The smallest absolute Gasteiger partial charge is 0.275 e. The topological polar surface area (TPSA) is 81.5 Å². The molecule has 0 heterocycles. The molecule has 15 heavy (non-hydrogen) atoms. The summed E-state index contributed by atoms with van der Waals surface area (Å²) >= 11 is 0. The van der Waals surface area contributed by atoms with Crippen molar-refractivity contribution in [2.45, 2.75) is 6.92 Å². The van der Waals surface area contributed by atoms with Gasteiger partial charge in [-0.3, -0.25) is 4.79 Å². The number of aliphatic imine (C=N–C) groups is 1. The van der Waals surface area contributed by atoms with Crippen LogP contribution >= 0.6 is 0 Å². The molecule has 0 aliphatic carbocycles. The number of rotatable bonds is 2. The molecule has 0 saturated heterocycles. The van der Waals surface area contributed by atoms with Gasteiger partial charge in [0.25, 0.3) is 5.91 Å².